The maximum absolute atomic E-state index is 12.5. The molecule has 0 fully saturated rings. The summed E-state index contributed by atoms with van der Waals surface area (Å²) in [6, 6.07) is 10.5. The maximum Gasteiger partial charge on any atom is 0.416 e. The Morgan fingerprint density at radius 3 is 2.24 bits per heavy atom. The Morgan fingerprint density at radius 1 is 1.05 bits per heavy atom. The summed E-state index contributed by atoms with van der Waals surface area (Å²) < 4.78 is 37.5. The Bertz CT molecular complexity index is 618. The topological polar surface area (TPSA) is 0 Å². The van der Waals surface area contributed by atoms with Crippen LogP contribution in [0.2, 0.25) is 5.02 Å². The molecule has 112 valence electrons. The molecule has 2 aromatic carbocycles. The van der Waals surface area contributed by atoms with Crippen LogP contribution in [-0.4, -0.2) is 0 Å². The van der Waals surface area contributed by atoms with Crippen LogP contribution in [0.3, 0.4) is 0 Å². The predicted octanol–water partition coefficient (Wildman–Crippen LogP) is 6.19. The zero-order valence-electron chi connectivity index (χ0n) is 11.2. The SMILES string of the molecule is Cc1c(Cl)cccc1C(Cl)Cc1ccc(C(F)(F)F)cc1. The summed E-state index contributed by atoms with van der Waals surface area (Å²) in [6.45, 7) is 1.87. The van der Waals surface area contributed by atoms with Gasteiger partial charge in [-0.3, -0.25) is 0 Å². The Balaban J connectivity index is 2.16. The van der Waals surface area contributed by atoms with Crippen molar-refractivity contribution in [2.24, 2.45) is 0 Å². The molecule has 0 saturated carbocycles. The summed E-state index contributed by atoms with van der Waals surface area (Å²) >= 11 is 12.4. The molecule has 0 nitrogen and oxygen atoms in total. The second kappa shape index (κ2) is 6.29. The van der Waals surface area contributed by atoms with E-state index in [-0.39, 0.29) is 5.38 Å². The second-order valence-electron chi connectivity index (χ2n) is 4.82. The van der Waals surface area contributed by atoms with Crippen LogP contribution in [-0.2, 0) is 12.6 Å². The molecule has 0 aliphatic carbocycles. The molecule has 2 aromatic rings. The van der Waals surface area contributed by atoms with Gasteiger partial charge in [0.05, 0.1) is 10.9 Å². The van der Waals surface area contributed by atoms with Gasteiger partial charge in [0.1, 0.15) is 0 Å². The lowest BCUT2D eigenvalue weighted by Crippen LogP contribution is -2.05. The van der Waals surface area contributed by atoms with Crippen LogP contribution in [0.4, 0.5) is 13.2 Å². The van der Waals surface area contributed by atoms with Crippen molar-refractivity contribution in [3.05, 3.63) is 69.7 Å². The largest absolute Gasteiger partial charge is 0.416 e. The minimum absolute atomic E-state index is 0.333. The first-order valence-corrected chi connectivity index (χ1v) is 7.15. The normalized spacial score (nSPS) is 13.2. The van der Waals surface area contributed by atoms with Crippen molar-refractivity contribution >= 4 is 23.2 Å². The Labute approximate surface area is 131 Å². The molecule has 5 heteroatoms. The zero-order valence-corrected chi connectivity index (χ0v) is 12.7. The standard InChI is InChI=1S/C16H13Cl2F3/c1-10-13(3-2-4-14(10)17)15(18)9-11-5-7-12(8-6-11)16(19,20)21/h2-8,15H,9H2,1H3. The van der Waals surface area contributed by atoms with Crippen molar-refractivity contribution in [3.63, 3.8) is 0 Å². The van der Waals surface area contributed by atoms with Gasteiger partial charge in [-0.05, 0) is 48.2 Å². The van der Waals surface area contributed by atoms with Gasteiger partial charge in [0.25, 0.3) is 0 Å². The molecule has 0 spiro atoms. The van der Waals surface area contributed by atoms with Crippen molar-refractivity contribution < 1.29 is 13.2 Å². The highest BCUT2D eigenvalue weighted by molar-refractivity contribution is 6.31. The third-order valence-corrected chi connectivity index (χ3v) is 4.14. The number of halogens is 5. The van der Waals surface area contributed by atoms with Gasteiger partial charge in [-0.15, -0.1) is 11.6 Å². The Kier molecular flexibility index (Phi) is 4.84. The van der Waals surface area contributed by atoms with E-state index < -0.39 is 11.7 Å². The third-order valence-electron chi connectivity index (χ3n) is 3.34. The van der Waals surface area contributed by atoms with Gasteiger partial charge < -0.3 is 0 Å². The Hall–Kier alpha value is -1.19. The molecule has 0 bridgehead atoms. The van der Waals surface area contributed by atoms with E-state index in [0.717, 1.165) is 28.8 Å². The van der Waals surface area contributed by atoms with Crippen LogP contribution in [0, 0.1) is 6.92 Å². The highest BCUT2D eigenvalue weighted by Gasteiger charge is 2.30. The molecule has 0 aliphatic heterocycles. The summed E-state index contributed by atoms with van der Waals surface area (Å²) in [5.41, 5.74) is 1.88. The fourth-order valence-corrected chi connectivity index (χ4v) is 2.71. The molecule has 0 N–H and O–H groups in total. The van der Waals surface area contributed by atoms with E-state index in [0.29, 0.717) is 11.4 Å². The third kappa shape index (κ3) is 3.92. The lowest BCUT2D eigenvalue weighted by molar-refractivity contribution is -0.137. The monoisotopic (exact) mass is 332 g/mol. The van der Waals surface area contributed by atoms with Crippen LogP contribution in [0.25, 0.3) is 0 Å². The zero-order chi connectivity index (χ0) is 15.6. The van der Waals surface area contributed by atoms with Crippen molar-refractivity contribution in [1.29, 1.82) is 0 Å². The molecular formula is C16H13Cl2F3. The van der Waals surface area contributed by atoms with E-state index in [2.05, 4.69) is 0 Å². The molecule has 0 saturated heterocycles. The predicted molar refractivity (Wildman–Crippen MR) is 79.9 cm³/mol. The van der Waals surface area contributed by atoms with Gasteiger partial charge in [-0.25, -0.2) is 0 Å². The van der Waals surface area contributed by atoms with Crippen LogP contribution >= 0.6 is 23.2 Å². The highest BCUT2D eigenvalue weighted by Crippen LogP contribution is 2.32. The molecule has 2 rings (SSSR count). The second-order valence-corrected chi connectivity index (χ2v) is 5.75. The number of rotatable bonds is 3. The number of hydrogen-bond donors (Lipinski definition) is 0. The molecule has 21 heavy (non-hydrogen) atoms. The lowest BCUT2D eigenvalue weighted by atomic mass is 9.99. The van der Waals surface area contributed by atoms with E-state index in [4.69, 9.17) is 23.2 Å². The van der Waals surface area contributed by atoms with E-state index in [1.807, 2.05) is 19.1 Å². The summed E-state index contributed by atoms with van der Waals surface area (Å²) in [5.74, 6) is 0. The minimum atomic E-state index is -4.32. The smallest absolute Gasteiger partial charge is 0.166 e. The lowest BCUT2D eigenvalue weighted by Gasteiger charge is -2.14. The van der Waals surface area contributed by atoms with E-state index >= 15 is 0 Å². The van der Waals surface area contributed by atoms with Crippen LogP contribution in [0.5, 0.6) is 0 Å². The summed E-state index contributed by atoms with van der Waals surface area (Å²) in [7, 11) is 0. The molecule has 0 amide bonds. The van der Waals surface area contributed by atoms with Gasteiger partial charge in [-0.1, -0.05) is 35.9 Å². The highest BCUT2D eigenvalue weighted by atomic mass is 35.5. The molecule has 0 aromatic heterocycles. The summed E-state index contributed by atoms with van der Waals surface area (Å²) in [6.07, 6.45) is -3.87. The summed E-state index contributed by atoms with van der Waals surface area (Å²) in [5, 5.41) is 0.297. The average Bonchev–Trinajstić information content (AvgIpc) is 2.41. The minimum Gasteiger partial charge on any atom is -0.166 e. The van der Waals surface area contributed by atoms with Gasteiger partial charge >= 0.3 is 6.18 Å². The molecule has 0 heterocycles. The van der Waals surface area contributed by atoms with Crippen LogP contribution in [0.15, 0.2) is 42.5 Å². The molecular weight excluding hydrogens is 320 g/mol. The van der Waals surface area contributed by atoms with E-state index in [9.17, 15) is 13.2 Å². The fraction of sp³-hybridized carbons (Fsp3) is 0.250. The quantitative estimate of drug-likeness (QED) is 0.588. The number of benzene rings is 2. The molecule has 0 radical (unpaired) electrons. The van der Waals surface area contributed by atoms with E-state index in [1.54, 1.807) is 6.07 Å². The summed E-state index contributed by atoms with van der Waals surface area (Å²) in [4.78, 5) is 0. The first-order valence-electron chi connectivity index (χ1n) is 6.34. The average molecular weight is 333 g/mol. The first-order chi connectivity index (χ1) is 9.79. The number of alkyl halides is 4. The van der Waals surface area contributed by atoms with Crippen molar-refractivity contribution in [3.8, 4) is 0 Å². The first kappa shape index (κ1) is 16.2. The molecule has 0 aliphatic rings. The van der Waals surface area contributed by atoms with Crippen molar-refractivity contribution in [2.75, 3.05) is 0 Å². The maximum atomic E-state index is 12.5. The fourth-order valence-electron chi connectivity index (χ4n) is 2.11. The molecule has 1 atom stereocenters. The number of hydrogen-bond acceptors (Lipinski definition) is 0. The molecule has 1 unspecified atom stereocenters. The van der Waals surface area contributed by atoms with Gasteiger partial charge in [-0.2, -0.15) is 13.2 Å². The van der Waals surface area contributed by atoms with Gasteiger partial charge in [0.2, 0.25) is 0 Å². The van der Waals surface area contributed by atoms with Gasteiger partial charge in [0.15, 0.2) is 0 Å². The van der Waals surface area contributed by atoms with Gasteiger partial charge in [0, 0.05) is 5.02 Å². The Morgan fingerprint density at radius 2 is 1.67 bits per heavy atom. The van der Waals surface area contributed by atoms with Crippen molar-refractivity contribution in [1.82, 2.24) is 0 Å². The van der Waals surface area contributed by atoms with E-state index in [1.165, 1.54) is 12.1 Å². The van der Waals surface area contributed by atoms with Crippen LogP contribution in [0.1, 0.15) is 27.6 Å². The van der Waals surface area contributed by atoms with Crippen molar-refractivity contribution in [2.45, 2.75) is 24.9 Å². The van der Waals surface area contributed by atoms with Crippen LogP contribution < -0.4 is 0 Å².